The third kappa shape index (κ3) is 2.67. The van der Waals surface area contributed by atoms with Gasteiger partial charge in [-0.05, 0) is 12.1 Å². The number of alkyl halides is 3. The number of hydrogen-bond donors (Lipinski definition) is 0. The van der Waals surface area contributed by atoms with Gasteiger partial charge in [0.2, 0.25) is 5.88 Å². The van der Waals surface area contributed by atoms with Crippen molar-refractivity contribution >= 4 is 0 Å². The maximum Gasteiger partial charge on any atom is 0.434 e. The van der Waals surface area contributed by atoms with E-state index in [4.69, 9.17) is 0 Å². The number of benzene rings is 1. The van der Waals surface area contributed by atoms with Crippen LogP contribution in [0.1, 0.15) is 5.69 Å². The topological polar surface area (TPSA) is 22.1 Å². The highest BCUT2D eigenvalue weighted by Gasteiger charge is 2.36. The van der Waals surface area contributed by atoms with Crippen LogP contribution < -0.4 is 4.74 Å². The maximum absolute atomic E-state index is 13.6. The molecular weight excluding hydrogens is 262 g/mol. The lowest BCUT2D eigenvalue weighted by atomic mass is 10.0. The normalized spacial score (nSPS) is 11.4. The van der Waals surface area contributed by atoms with Crippen LogP contribution in [-0.4, -0.2) is 12.1 Å². The molecule has 0 aliphatic heterocycles. The molecule has 0 radical (unpaired) electrons. The zero-order valence-corrected chi connectivity index (χ0v) is 9.83. The van der Waals surface area contributed by atoms with E-state index >= 15 is 0 Å². The van der Waals surface area contributed by atoms with Crippen LogP contribution in [0.4, 0.5) is 17.6 Å². The predicted octanol–water partition coefficient (Wildman–Crippen LogP) is 3.92. The summed E-state index contributed by atoms with van der Waals surface area (Å²) in [6.45, 7) is 0. The minimum atomic E-state index is -4.69. The monoisotopic (exact) mass is 271 g/mol. The van der Waals surface area contributed by atoms with Crippen molar-refractivity contribution in [2.24, 2.45) is 0 Å². The summed E-state index contributed by atoms with van der Waals surface area (Å²) in [6.07, 6.45) is -4.69. The number of aromatic nitrogens is 1. The van der Waals surface area contributed by atoms with Gasteiger partial charge in [0, 0.05) is 17.2 Å². The van der Waals surface area contributed by atoms with Crippen molar-refractivity contribution in [1.82, 2.24) is 4.98 Å². The molecule has 0 aliphatic rings. The summed E-state index contributed by atoms with van der Waals surface area (Å²) in [6, 6.07) is 7.64. The molecule has 0 atom stereocenters. The fraction of sp³-hybridized carbons (Fsp3) is 0.154. The van der Waals surface area contributed by atoms with Crippen LogP contribution in [0.5, 0.6) is 5.88 Å². The van der Waals surface area contributed by atoms with Gasteiger partial charge in [0.15, 0.2) is 5.69 Å². The maximum atomic E-state index is 13.6. The van der Waals surface area contributed by atoms with Crippen molar-refractivity contribution < 1.29 is 22.3 Å². The summed E-state index contributed by atoms with van der Waals surface area (Å²) in [5.41, 5.74) is -1.63. The predicted molar refractivity (Wildman–Crippen MR) is 61.2 cm³/mol. The van der Waals surface area contributed by atoms with Gasteiger partial charge in [-0.15, -0.1) is 0 Å². The molecule has 0 bridgehead atoms. The van der Waals surface area contributed by atoms with Gasteiger partial charge in [0.25, 0.3) is 0 Å². The van der Waals surface area contributed by atoms with Crippen molar-refractivity contribution in [3.63, 3.8) is 0 Å². The molecular formula is C13H9F4NO. The molecule has 1 heterocycles. The molecule has 19 heavy (non-hydrogen) atoms. The van der Waals surface area contributed by atoms with Crippen LogP contribution in [0.15, 0.2) is 36.4 Å². The molecule has 2 aromatic rings. The van der Waals surface area contributed by atoms with Gasteiger partial charge in [0.1, 0.15) is 5.82 Å². The number of pyridine rings is 1. The summed E-state index contributed by atoms with van der Waals surface area (Å²) in [4.78, 5) is 3.37. The molecule has 2 rings (SSSR count). The third-order valence-electron chi connectivity index (χ3n) is 2.51. The molecule has 0 amide bonds. The van der Waals surface area contributed by atoms with E-state index in [9.17, 15) is 17.6 Å². The molecule has 6 heteroatoms. The van der Waals surface area contributed by atoms with E-state index in [0.717, 1.165) is 12.1 Å². The van der Waals surface area contributed by atoms with Gasteiger partial charge in [-0.25, -0.2) is 9.37 Å². The first-order valence-corrected chi connectivity index (χ1v) is 5.30. The standard InChI is InChI=1S/C13H9F4NO/c1-19-11-7-6-9(12(18-11)13(15,16)17)8-4-2-3-5-10(8)14/h2-7H,1H3. The quantitative estimate of drug-likeness (QED) is 0.772. The Labute approximate surface area is 106 Å². The number of nitrogens with zero attached hydrogens (tertiary/aromatic N) is 1. The van der Waals surface area contributed by atoms with E-state index in [1.54, 1.807) is 0 Å². The Hall–Kier alpha value is -2.11. The minimum absolute atomic E-state index is 0.148. The summed E-state index contributed by atoms with van der Waals surface area (Å²) >= 11 is 0. The van der Waals surface area contributed by atoms with E-state index in [0.29, 0.717) is 0 Å². The highest BCUT2D eigenvalue weighted by Crippen LogP contribution is 2.37. The van der Waals surface area contributed by atoms with Crippen LogP contribution in [0.2, 0.25) is 0 Å². The van der Waals surface area contributed by atoms with Crippen molar-refractivity contribution in [2.75, 3.05) is 7.11 Å². The zero-order valence-electron chi connectivity index (χ0n) is 9.83. The molecule has 0 saturated carbocycles. The van der Waals surface area contributed by atoms with Gasteiger partial charge in [-0.1, -0.05) is 18.2 Å². The first kappa shape index (κ1) is 13.3. The molecule has 0 fully saturated rings. The van der Waals surface area contributed by atoms with E-state index in [2.05, 4.69) is 9.72 Å². The molecule has 0 saturated heterocycles. The lowest BCUT2D eigenvalue weighted by molar-refractivity contribution is -0.140. The van der Waals surface area contributed by atoms with E-state index < -0.39 is 17.7 Å². The molecule has 0 N–H and O–H groups in total. The molecule has 0 aliphatic carbocycles. The van der Waals surface area contributed by atoms with Gasteiger partial charge >= 0.3 is 6.18 Å². The van der Waals surface area contributed by atoms with Crippen LogP contribution in [-0.2, 0) is 6.18 Å². The van der Waals surface area contributed by atoms with Crippen molar-refractivity contribution in [3.8, 4) is 17.0 Å². The van der Waals surface area contributed by atoms with E-state index in [1.807, 2.05) is 0 Å². The molecule has 1 aromatic heterocycles. The molecule has 1 aromatic carbocycles. The Morgan fingerprint density at radius 2 is 1.68 bits per heavy atom. The summed E-state index contributed by atoms with van der Waals surface area (Å²) in [5, 5.41) is 0. The van der Waals surface area contributed by atoms with Gasteiger partial charge < -0.3 is 4.74 Å². The first-order valence-electron chi connectivity index (χ1n) is 5.30. The number of ether oxygens (including phenoxy) is 1. The van der Waals surface area contributed by atoms with Crippen molar-refractivity contribution in [2.45, 2.75) is 6.18 Å². The van der Waals surface area contributed by atoms with Gasteiger partial charge in [-0.3, -0.25) is 0 Å². The third-order valence-corrected chi connectivity index (χ3v) is 2.51. The minimum Gasteiger partial charge on any atom is -0.481 e. The Morgan fingerprint density at radius 1 is 1.00 bits per heavy atom. The molecule has 0 spiro atoms. The highest BCUT2D eigenvalue weighted by molar-refractivity contribution is 5.67. The van der Waals surface area contributed by atoms with Gasteiger partial charge in [0.05, 0.1) is 7.11 Å². The number of rotatable bonds is 2. The summed E-state index contributed by atoms with van der Waals surface area (Å²) in [5.74, 6) is -0.910. The number of halogens is 4. The van der Waals surface area contributed by atoms with Crippen molar-refractivity contribution in [3.05, 3.63) is 47.9 Å². The van der Waals surface area contributed by atoms with Crippen LogP contribution in [0, 0.1) is 5.82 Å². The SMILES string of the molecule is COc1ccc(-c2ccccc2F)c(C(F)(F)F)n1. The lowest BCUT2D eigenvalue weighted by Gasteiger charge is -2.13. The Bertz CT molecular complexity index is 595. The summed E-state index contributed by atoms with van der Waals surface area (Å²) < 4.78 is 57.1. The van der Waals surface area contributed by atoms with E-state index in [1.165, 1.54) is 31.4 Å². The second-order valence-corrected chi connectivity index (χ2v) is 3.73. The Kier molecular flexibility index (Phi) is 3.42. The van der Waals surface area contributed by atoms with E-state index in [-0.39, 0.29) is 17.0 Å². The highest BCUT2D eigenvalue weighted by atomic mass is 19.4. The lowest BCUT2D eigenvalue weighted by Crippen LogP contribution is -2.11. The summed E-state index contributed by atoms with van der Waals surface area (Å²) in [7, 11) is 1.21. The number of methoxy groups -OCH3 is 1. The van der Waals surface area contributed by atoms with Crippen LogP contribution in [0.3, 0.4) is 0 Å². The van der Waals surface area contributed by atoms with Gasteiger partial charge in [-0.2, -0.15) is 13.2 Å². The Morgan fingerprint density at radius 3 is 2.26 bits per heavy atom. The Balaban J connectivity index is 2.67. The average molecular weight is 271 g/mol. The largest absolute Gasteiger partial charge is 0.481 e. The molecule has 2 nitrogen and oxygen atoms in total. The molecule has 100 valence electrons. The first-order chi connectivity index (χ1) is 8.93. The fourth-order valence-corrected chi connectivity index (χ4v) is 1.67. The second kappa shape index (κ2) is 4.87. The van der Waals surface area contributed by atoms with Crippen molar-refractivity contribution in [1.29, 1.82) is 0 Å². The van der Waals surface area contributed by atoms with Crippen LogP contribution in [0.25, 0.3) is 11.1 Å². The van der Waals surface area contributed by atoms with Crippen LogP contribution >= 0.6 is 0 Å². The number of hydrogen-bond acceptors (Lipinski definition) is 2. The second-order valence-electron chi connectivity index (χ2n) is 3.73. The molecule has 0 unspecified atom stereocenters. The average Bonchev–Trinajstić information content (AvgIpc) is 2.38. The zero-order chi connectivity index (χ0) is 14.0. The fourth-order valence-electron chi connectivity index (χ4n) is 1.67. The smallest absolute Gasteiger partial charge is 0.434 e.